The third kappa shape index (κ3) is 10.3. The molecule has 0 saturated carbocycles. The summed E-state index contributed by atoms with van der Waals surface area (Å²) in [6.45, 7) is 16.8. The maximum Gasteiger partial charge on any atom is 0.163 e. The van der Waals surface area contributed by atoms with Crippen molar-refractivity contribution in [3.63, 3.8) is 0 Å². The number of fused-ring (bicyclic) bond motifs is 15. The van der Waals surface area contributed by atoms with Gasteiger partial charge in [-0.1, -0.05) is 6.08 Å². The van der Waals surface area contributed by atoms with E-state index in [9.17, 15) is 15.0 Å². The Kier molecular flexibility index (Phi) is 14.7. The van der Waals surface area contributed by atoms with E-state index in [4.69, 9.17) is 80.5 Å². The Balaban J connectivity index is 0.541. The van der Waals surface area contributed by atoms with Crippen LogP contribution in [0.4, 0.5) is 0 Å². The van der Waals surface area contributed by atoms with Gasteiger partial charge in [-0.2, -0.15) is 0 Å². The summed E-state index contributed by atoms with van der Waals surface area (Å²) in [6, 6.07) is 0. The fraction of sp³-hybridized carbons (Fsp3) is 0.954. The number of rotatable bonds is 3. The normalized spacial score (nSPS) is 59.4. The van der Waals surface area contributed by atoms with Crippen LogP contribution in [-0.2, 0) is 85.3 Å². The van der Waals surface area contributed by atoms with E-state index in [1.54, 1.807) is 6.92 Å². The Morgan fingerprint density at radius 2 is 0.929 bits per heavy atom. The van der Waals surface area contributed by atoms with Gasteiger partial charge in [0.05, 0.1) is 188 Å². The Morgan fingerprint density at radius 3 is 1.65 bits per heavy atom. The highest BCUT2D eigenvalue weighted by Crippen LogP contribution is 2.54. The topological polar surface area (TPSA) is 214 Å². The van der Waals surface area contributed by atoms with Crippen LogP contribution >= 0.6 is 0 Å². The average Bonchev–Trinajstić information content (AvgIpc) is 1.84. The van der Waals surface area contributed by atoms with Crippen molar-refractivity contribution in [2.24, 2.45) is 0 Å². The molecule has 0 aromatic carbocycles. The lowest BCUT2D eigenvalue weighted by molar-refractivity contribution is -0.366. The zero-order valence-corrected chi connectivity index (χ0v) is 51.2. The Morgan fingerprint density at radius 1 is 0.424 bits per heavy atom. The molecule has 0 unspecified atom stereocenters. The van der Waals surface area contributed by atoms with Crippen LogP contribution in [0.2, 0.25) is 0 Å². The van der Waals surface area contributed by atoms with E-state index < -0.39 is 58.2 Å². The van der Waals surface area contributed by atoms with Crippen molar-refractivity contribution < 1.29 is 95.5 Å². The zero-order chi connectivity index (χ0) is 58.3. The second-order valence-corrected chi connectivity index (χ2v) is 30.8. The fourth-order valence-electron chi connectivity index (χ4n) is 19.5. The third-order valence-electron chi connectivity index (χ3n) is 24.2. The molecular formula is C65H96O20. The fourth-order valence-corrected chi connectivity index (χ4v) is 19.5. The molecule has 20 nitrogen and oxygen atoms in total. The van der Waals surface area contributed by atoms with E-state index in [1.807, 2.05) is 26.8 Å². The highest BCUT2D eigenvalue weighted by Gasteiger charge is 2.65. The first-order valence-corrected chi connectivity index (χ1v) is 33.3. The lowest BCUT2D eigenvalue weighted by Gasteiger charge is -2.57. The summed E-state index contributed by atoms with van der Waals surface area (Å²) in [4.78, 5) is 11.3. The Labute approximate surface area is 500 Å². The molecule has 0 aromatic rings. The van der Waals surface area contributed by atoms with Gasteiger partial charge in [0, 0.05) is 77.0 Å². The molecule has 0 amide bonds. The van der Waals surface area contributed by atoms with Crippen LogP contribution in [0.5, 0.6) is 0 Å². The molecule has 0 bridgehead atoms. The number of aliphatic hydroxyl groups excluding tert-OH is 2. The van der Waals surface area contributed by atoms with E-state index in [0.29, 0.717) is 82.8 Å². The SMILES string of the molecule is C/C(C=O)=C\C[C@H]1C[C@]2(C)O[C@@H]3C[C@@H]4O[C@@H]5C[C@@H]6O[C@]7(C)CC[C@@H]8O[C@@H]9C[C@@H]%10O[C@@H]%11C[C@@H]%12O[C@@H]%13C[C@@H]%14O[C@@H]%15CC[C@@H]%16OC(C)(C)OC[C@@]%16(C)O[C@@]%15(C)C[C@H]%14O[C@H]%13C[C@H]%12O[C@@]%11(C)[C@@H](O)C[C@H]%10O[C@H]9CC[C@H]8O[C@H]7C[C@H]6O[C@H]5C[C@H]4O[C@H]3[C@@H](O)C[C@H]2O1. The summed E-state index contributed by atoms with van der Waals surface area (Å²) in [5, 5.41) is 23.9. The van der Waals surface area contributed by atoms with E-state index in [0.717, 1.165) is 57.7 Å². The molecule has 0 aromatic heterocycles. The number of aliphatic hydroxyl groups is 2. The molecule has 16 heterocycles. The minimum absolute atomic E-state index is 0.0903. The summed E-state index contributed by atoms with van der Waals surface area (Å²) < 4.78 is 118. The first-order valence-electron chi connectivity index (χ1n) is 33.3. The van der Waals surface area contributed by atoms with Crippen molar-refractivity contribution in [3.05, 3.63) is 11.6 Å². The first-order chi connectivity index (χ1) is 40.6. The molecular weight excluding hydrogens is 1100 g/mol. The van der Waals surface area contributed by atoms with Gasteiger partial charge in [0.25, 0.3) is 0 Å². The van der Waals surface area contributed by atoms with Crippen LogP contribution in [0.25, 0.3) is 0 Å². The molecule has 16 aliphatic rings. The highest BCUT2D eigenvalue weighted by atomic mass is 16.7. The lowest BCUT2D eigenvalue weighted by Crippen LogP contribution is -2.67. The van der Waals surface area contributed by atoms with Gasteiger partial charge in [-0.3, -0.25) is 4.79 Å². The number of hydrogen-bond donors (Lipinski definition) is 2. The number of carbonyl (C=O) groups excluding carboxylic acids is 1. The summed E-state index contributed by atoms with van der Waals surface area (Å²) in [6.07, 6.45) is 8.69. The maximum absolute atomic E-state index is 12.2. The highest BCUT2D eigenvalue weighted by molar-refractivity contribution is 5.71. The van der Waals surface area contributed by atoms with Crippen molar-refractivity contribution in [3.8, 4) is 0 Å². The predicted molar refractivity (Wildman–Crippen MR) is 297 cm³/mol. The second-order valence-electron chi connectivity index (χ2n) is 30.8. The number of ether oxygens (including phenoxy) is 17. The lowest BCUT2D eigenvalue weighted by atomic mass is 9.78. The molecule has 16 fully saturated rings. The van der Waals surface area contributed by atoms with Crippen molar-refractivity contribution in [1.29, 1.82) is 0 Å². The number of hydrogen-bond acceptors (Lipinski definition) is 20. The van der Waals surface area contributed by atoms with E-state index in [-0.39, 0.29) is 146 Å². The minimum atomic E-state index is -0.971. The Hall–Kier alpha value is -1.35. The second kappa shape index (κ2) is 21.3. The molecule has 85 heavy (non-hydrogen) atoms. The van der Waals surface area contributed by atoms with Gasteiger partial charge in [-0.25, -0.2) is 0 Å². The smallest absolute Gasteiger partial charge is 0.163 e. The first kappa shape index (κ1) is 58.7. The van der Waals surface area contributed by atoms with Crippen LogP contribution in [0.15, 0.2) is 11.6 Å². The summed E-state index contributed by atoms with van der Waals surface area (Å²) in [5.74, 6) is -0.661. The standard InChI is InChI=1S/C65H96O20/c1-31(29-66)9-10-32-27-62(5)56(70-32)17-33(67)59-51(82-62)23-42-44(80-59)19-38-40(73-42)21-49-47(74-38)25-57-61(4,81-49)16-15-36-34(77-57)11-12-35-37(72-36)18-43-46(71-35)24-53(68)65(8)58(79-43)26-48-50(83-65)22-41-39(75-48)20-45-52(76-41)28-63(6)54(78-45)13-14-55-64(7,85-63)30-69-60(2,3)84-55/h9,29,32-59,67-68H,10-28,30H2,1-8H3/b31-9+/t32-,33-,34+,35-,36-,37+,38-,39+,40+,41-,42-,43-,44+,45-,46+,47+,48-,49-,50+,51+,52+,53-,54+,55-,56+,57-,58+,59-,61+,62-,63-,64+,65-/m0/s1. The van der Waals surface area contributed by atoms with E-state index >= 15 is 0 Å². The third-order valence-corrected chi connectivity index (χ3v) is 24.2. The van der Waals surface area contributed by atoms with Crippen LogP contribution in [0.3, 0.4) is 0 Å². The molecule has 16 rings (SSSR count). The molecule has 33 atom stereocenters. The molecule has 0 radical (unpaired) electrons. The van der Waals surface area contributed by atoms with Crippen molar-refractivity contribution in [2.45, 2.75) is 382 Å². The monoisotopic (exact) mass is 1200 g/mol. The molecule has 16 aliphatic heterocycles. The van der Waals surface area contributed by atoms with E-state index in [2.05, 4.69) is 27.7 Å². The minimum Gasteiger partial charge on any atom is -0.390 e. The predicted octanol–water partition coefficient (Wildman–Crippen LogP) is 5.88. The number of carbonyl (C=O) groups is 1. The molecule has 20 heteroatoms. The van der Waals surface area contributed by atoms with Crippen LogP contribution in [-0.4, -0.2) is 228 Å². The van der Waals surface area contributed by atoms with Gasteiger partial charge in [0.15, 0.2) is 5.79 Å². The molecule has 476 valence electrons. The molecule has 0 aliphatic carbocycles. The molecule has 2 N–H and O–H groups in total. The van der Waals surface area contributed by atoms with Crippen molar-refractivity contribution in [1.82, 2.24) is 0 Å². The number of aldehydes is 1. The number of allylic oxidation sites excluding steroid dienone is 1. The van der Waals surface area contributed by atoms with Crippen molar-refractivity contribution in [2.75, 3.05) is 6.61 Å². The van der Waals surface area contributed by atoms with Gasteiger partial charge < -0.3 is 90.7 Å². The van der Waals surface area contributed by atoms with Crippen LogP contribution in [0.1, 0.15) is 177 Å². The quantitative estimate of drug-likeness (QED) is 0.249. The van der Waals surface area contributed by atoms with Gasteiger partial charge in [-0.15, -0.1) is 0 Å². The molecule has 0 spiro atoms. The van der Waals surface area contributed by atoms with Crippen LogP contribution < -0.4 is 0 Å². The zero-order valence-electron chi connectivity index (χ0n) is 51.2. The average molecular weight is 1200 g/mol. The van der Waals surface area contributed by atoms with E-state index in [1.165, 1.54) is 0 Å². The molecule has 16 saturated heterocycles. The van der Waals surface area contributed by atoms with Crippen LogP contribution in [0, 0.1) is 0 Å². The van der Waals surface area contributed by atoms with Gasteiger partial charge in [0.2, 0.25) is 0 Å². The summed E-state index contributed by atoms with van der Waals surface area (Å²) in [5.41, 5.74) is -2.58. The van der Waals surface area contributed by atoms with Crippen molar-refractivity contribution >= 4 is 6.29 Å². The van der Waals surface area contributed by atoms with Gasteiger partial charge >= 0.3 is 0 Å². The maximum atomic E-state index is 12.2. The summed E-state index contributed by atoms with van der Waals surface area (Å²) in [7, 11) is 0. The van der Waals surface area contributed by atoms with Gasteiger partial charge in [0.1, 0.15) is 23.6 Å². The largest absolute Gasteiger partial charge is 0.390 e. The summed E-state index contributed by atoms with van der Waals surface area (Å²) >= 11 is 0. The van der Waals surface area contributed by atoms with Gasteiger partial charge in [-0.05, 0) is 106 Å². The Bertz CT molecular complexity index is 2540.